The van der Waals surface area contributed by atoms with Crippen LogP contribution in [0.15, 0.2) is 0 Å². The second kappa shape index (κ2) is 5.45. The number of phenolic OH excluding ortho intramolecular Hbond substituents is 2. The summed E-state index contributed by atoms with van der Waals surface area (Å²) in [7, 11) is 0. The van der Waals surface area contributed by atoms with E-state index in [1.807, 2.05) is 0 Å². The van der Waals surface area contributed by atoms with Gasteiger partial charge in [0.2, 0.25) is 0 Å². The van der Waals surface area contributed by atoms with Crippen molar-refractivity contribution in [2.24, 2.45) is 0 Å². The molecule has 4 nitrogen and oxygen atoms in total. The van der Waals surface area contributed by atoms with Crippen LogP contribution < -0.4 is 11.5 Å². The van der Waals surface area contributed by atoms with Crippen molar-refractivity contribution in [3.05, 3.63) is 46.0 Å². The molecule has 0 spiro atoms. The third-order valence-corrected chi connectivity index (χ3v) is 3.20. The van der Waals surface area contributed by atoms with Crippen molar-refractivity contribution in [3.63, 3.8) is 0 Å². The van der Waals surface area contributed by atoms with Gasteiger partial charge in [-0.2, -0.15) is 0 Å². The second-order valence-corrected chi connectivity index (χ2v) is 4.54. The first-order valence-electron chi connectivity index (χ1n) is 5.87. The molecule has 0 aliphatic carbocycles. The minimum absolute atomic E-state index is 1.24. The highest BCUT2D eigenvalue weighted by Gasteiger charge is 2.28. The summed E-state index contributed by atoms with van der Waals surface area (Å²) in [6.45, 7) is 0. The van der Waals surface area contributed by atoms with Crippen molar-refractivity contribution in [1.82, 2.24) is 0 Å². The number of rotatable bonds is 2. The van der Waals surface area contributed by atoms with Gasteiger partial charge in [-0.15, -0.1) is 0 Å². The van der Waals surface area contributed by atoms with Crippen molar-refractivity contribution in [2.45, 2.75) is 6.42 Å². The van der Waals surface area contributed by atoms with Gasteiger partial charge in [0.15, 0.2) is 46.4 Å². The van der Waals surface area contributed by atoms with Crippen LogP contribution in [0, 0.1) is 34.9 Å². The van der Waals surface area contributed by atoms with Gasteiger partial charge in [-0.3, -0.25) is 0 Å². The zero-order valence-corrected chi connectivity index (χ0v) is 11.0. The fourth-order valence-corrected chi connectivity index (χ4v) is 1.91. The molecule has 10 heteroatoms. The molecular weight excluding hydrogens is 330 g/mol. The van der Waals surface area contributed by atoms with E-state index in [-0.39, 0.29) is 0 Å². The fraction of sp³-hybridized carbons (Fsp3) is 0.0769. The van der Waals surface area contributed by atoms with Crippen LogP contribution in [-0.4, -0.2) is 10.2 Å². The Bertz CT molecular complexity index is 700. The van der Waals surface area contributed by atoms with Crippen molar-refractivity contribution in [1.29, 1.82) is 0 Å². The minimum atomic E-state index is -1.92. The van der Waals surface area contributed by atoms with Crippen LogP contribution in [0.25, 0.3) is 0 Å². The lowest BCUT2D eigenvalue weighted by Gasteiger charge is -2.13. The SMILES string of the molecule is Nc1c(O)c(F)c(Cc2c(F)c(O)c(N)c(F)c2F)c(F)c1F. The minimum Gasteiger partial charge on any atom is -0.503 e. The third-order valence-electron chi connectivity index (χ3n) is 3.20. The molecule has 6 N–H and O–H groups in total. The number of halogens is 6. The summed E-state index contributed by atoms with van der Waals surface area (Å²) < 4.78 is 81.7. The van der Waals surface area contributed by atoms with Gasteiger partial charge < -0.3 is 21.7 Å². The Balaban J connectivity index is 2.71. The molecule has 23 heavy (non-hydrogen) atoms. The summed E-state index contributed by atoms with van der Waals surface area (Å²) in [5.74, 6) is -14.0. The van der Waals surface area contributed by atoms with Crippen molar-refractivity contribution in [3.8, 4) is 11.5 Å². The average molecular weight is 338 g/mol. The monoisotopic (exact) mass is 338 g/mol. The Hall–Kier alpha value is -2.78. The molecule has 124 valence electrons. The molecule has 0 aromatic heterocycles. The van der Waals surface area contributed by atoms with E-state index in [2.05, 4.69) is 0 Å². The molecule has 0 radical (unpaired) electrons. The number of anilines is 2. The zero-order chi connectivity index (χ0) is 17.6. The molecule has 0 heterocycles. The average Bonchev–Trinajstić information content (AvgIpc) is 2.54. The van der Waals surface area contributed by atoms with Crippen LogP contribution in [-0.2, 0) is 6.42 Å². The van der Waals surface area contributed by atoms with Gasteiger partial charge in [-0.1, -0.05) is 0 Å². The van der Waals surface area contributed by atoms with Gasteiger partial charge in [0.05, 0.1) is 0 Å². The van der Waals surface area contributed by atoms with Gasteiger partial charge in [-0.05, 0) is 0 Å². The summed E-state index contributed by atoms with van der Waals surface area (Å²) in [5.41, 5.74) is 4.71. The molecule has 0 bridgehead atoms. The molecule has 0 aliphatic rings. The van der Waals surface area contributed by atoms with Gasteiger partial charge >= 0.3 is 0 Å². The van der Waals surface area contributed by atoms with Crippen LogP contribution in [0.4, 0.5) is 37.7 Å². The van der Waals surface area contributed by atoms with E-state index in [9.17, 15) is 36.6 Å². The number of aromatic hydroxyl groups is 2. The Morgan fingerprint density at radius 3 is 1.17 bits per heavy atom. The summed E-state index contributed by atoms with van der Waals surface area (Å²) in [6.07, 6.45) is -1.36. The number of benzene rings is 2. The Morgan fingerprint density at radius 1 is 0.565 bits per heavy atom. The van der Waals surface area contributed by atoms with E-state index in [1.165, 1.54) is 0 Å². The molecule has 0 aliphatic heterocycles. The van der Waals surface area contributed by atoms with E-state index in [0.29, 0.717) is 0 Å². The first-order valence-corrected chi connectivity index (χ1v) is 5.87. The maximum atomic E-state index is 13.8. The van der Waals surface area contributed by atoms with Crippen molar-refractivity contribution in [2.75, 3.05) is 11.5 Å². The van der Waals surface area contributed by atoms with E-state index in [4.69, 9.17) is 11.5 Å². The Morgan fingerprint density at radius 2 is 0.870 bits per heavy atom. The van der Waals surface area contributed by atoms with Gasteiger partial charge in [0, 0.05) is 17.5 Å². The lowest BCUT2D eigenvalue weighted by molar-refractivity contribution is 0.402. The molecule has 2 aromatic rings. The van der Waals surface area contributed by atoms with Crippen molar-refractivity contribution < 1.29 is 36.6 Å². The van der Waals surface area contributed by atoms with Crippen LogP contribution in [0.3, 0.4) is 0 Å². The summed E-state index contributed by atoms with van der Waals surface area (Å²) in [5, 5.41) is 18.4. The predicted molar refractivity (Wildman–Crippen MR) is 67.6 cm³/mol. The number of hydrogen-bond donors (Lipinski definition) is 4. The zero-order valence-electron chi connectivity index (χ0n) is 11.0. The van der Waals surface area contributed by atoms with E-state index in [0.717, 1.165) is 0 Å². The molecule has 2 aromatic carbocycles. The molecular formula is C13H8F6N2O2. The normalized spacial score (nSPS) is 11.0. The van der Waals surface area contributed by atoms with Gasteiger partial charge in [0.1, 0.15) is 11.4 Å². The van der Waals surface area contributed by atoms with Crippen LogP contribution in [0.5, 0.6) is 11.5 Å². The number of phenols is 2. The Labute approximate surface area is 124 Å². The second-order valence-electron chi connectivity index (χ2n) is 4.54. The van der Waals surface area contributed by atoms with Crippen LogP contribution in [0.2, 0.25) is 0 Å². The molecule has 0 atom stereocenters. The topological polar surface area (TPSA) is 92.5 Å². The lowest BCUT2D eigenvalue weighted by Crippen LogP contribution is -2.10. The molecule has 0 saturated carbocycles. The predicted octanol–water partition coefficient (Wildman–Crippen LogP) is 2.69. The smallest absolute Gasteiger partial charge is 0.185 e. The highest BCUT2D eigenvalue weighted by molar-refractivity contribution is 5.59. The third kappa shape index (κ3) is 2.35. The number of nitrogen functional groups attached to an aromatic ring is 2. The number of hydrogen-bond acceptors (Lipinski definition) is 4. The fourth-order valence-electron chi connectivity index (χ4n) is 1.91. The van der Waals surface area contributed by atoms with E-state index in [1.54, 1.807) is 0 Å². The quantitative estimate of drug-likeness (QED) is 0.293. The summed E-state index contributed by atoms with van der Waals surface area (Å²) >= 11 is 0. The molecule has 2 rings (SSSR count). The maximum Gasteiger partial charge on any atom is 0.185 e. The van der Waals surface area contributed by atoms with Gasteiger partial charge in [0.25, 0.3) is 0 Å². The molecule has 0 amide bonds. The number of nitrogens with two attached hydrogens (primary N) is 2. The lowest BCUT2D eigenvalue weighted by atomic mass is 10.00. The Kier molecular flexibility index (Phi) is 3.93. The molecule has 0 saturated heterocycles. The molecule has 0 fully saturated rings. The largest absolute Gasteiger partial charge is 0.503 e. The van der Waals surface area contributed by atoms with Crippen LogP contribution >= 0.6 is 0 Å². The highest BCUT2D eigenvalue weighted by atomic mass is 19.2. The highest BCUT2D eigenvalue weighted by Crippen LogP contribution is 2.37. The summed E-state index contributed by atoms with van der Waals surface area (Å²) in [6, 6.07) is 0. The van der Waals surface area contributed by atoms with Crippen LogP contribution in [0.1, 0.15) is 11.1 Å². The van der Waals surface area contributed by atoms with Gasteiger partial charge in [-0.25, -0.2) is 26.3 Å². The maximum absolute atomic E-state index is 13.8. The van der Waals surface area contributed by atoms with Crippen molar-refractivity contribution >= 4 is 11.4 Å². The first kappa shape index (κ1) is 16.6. The van der Waals surface area contributed by atoms with E-state index < -0.39 is 75.3 Å². The summed E-state index contributed by atoms with van der Waals surface area (Å²) in [4.78, 5) is 0. The molecule has 0 unspecified atom stereocenters. The first-order chi connectivity index (χ1) is 10.6. The standard InChI is InChI=1S/C13H8F6N2O2/c14-4-2(6(16)12(22)10(20)8(4)18)1-3-5(15)9(19)11(21)13(23)7(3)17/h22-23H,1,20-21H2. The van der Waals surface area contributed by atoms with E-state index >= 15 is 0 Å².